The SMILES string of the molecule is O=c1[nH]c2ccc(C3CCC(N(CCCc4ccc(F)cc4)CC4CC4)CC3)cc2o1.O=c1[nH]c2ccc(C3CCC(NCCCc4ccc(F)cc4)CC3)cc2o1. The zero-order chi connectivity index (χ0) is 39.8. The Labute approximate surface area is 338 Å². The lowest BCUT2D eigenvalue weighted by molar-refractivity contribution is 0.141. The van der Waals surface area contributed by atoms with Gasteiger partial charge in [-0.3, -0.25) is 9.97 Å². The molecule has 3 fully saturated rings. The number of aryl methyl sites for hydroxylation is 2. The van der Waals surface area contributed by atoms with Crippen molar-refractivity contribution < 1.29 is 17.6 Å². The maximum absolute atomic E-state index is 13.1. The maximum Gasteiger partial charge on any atom is 0.417 e. The van der Waals surface area contributed by atoms with Crippen LogP contribution in [0.2, 0.25) is 0 Å². The van der Waals surface area contributed by atoms with Crippen LogP contribution in [0.4, 0.5) is 8.78 Å². The summed E-state index contributed by atoms with van der Waals surface area (Å²) in [7, 11) is 0. The summed E-state index contributed by atoms with van der Waals surface area (Å²) in [5, 5.41) is 3.67. The summed E-state index contributed by atoms with van der Waals surface area (Å²) in [6, 6.07) is 27.2. The van der Waals surface area contributed by atoms with E-state index in [0.29, 0.717) is 35.1 Å². The average molecular weight is 791 g/mol. The fraction of sp³-hybridized carbons (Fsp3) is 0.458. The van der Waals surface area contributed by atoms with Gasteiger partial charge in [0.05, 0.1) is 11.0 Å². The lowest BCUT2D eigenvalue weighted by Crippen LogP contribution is -2.40. The second-order valence-corrected chi connectivity index (χ2v) is 16.9. The van der Waals surface area contributed by atoms with Crippen LogP contribution in [0.5, 0.6) is 0 Å². The lowest BCUT2D eigenvalue weighted by atomic mass is 9.81. The summed E-state index contributed by atoms with van der Waals surface area (Å²) >= 11 is 0. The Kier molecular flexibility index (Phi) is 13.0. The zero-order valence-electron chi connectivity index (χ0n) is 33.3. The van der Waals surface area contributed by atoms with E-state index in [9.17, 15) is 18.4 Å². The van der Waals surface area contributed by atoms with E-state index in [0.717, 1.165) is 81.4 Å². The monoisotopic (exact) mass is 790 g/mol. The van der Waals surface area contributed by atoms with Crippen LogP contribution in [0.3, 0.4) is 0 Å². The third kappa shape index (κ3) is 10.8. The second-order valence-electron chi connectivity index (χ2n) is 16.9. The van der Waals surface area contributed by atoms with Crippen molar-refractivity contribution in [2.75, 3.05) is 19.6 Å². The van der Waals surface area contributed by atoms with E-state index in [-0.39, 0.29) is 17.4 Å². The summed E-state index contributed by atoms with van der Waals surface area (Å²) in [4.78, 5) is 30.9. The fourth-order valence-corrected chi connectivity index (χ4v) is 9.28. The van der Waals surface area contributed by atoms with Crippen molar-refractivity contribution in [1.29, 1.82) is 0 Å². The number of hydrogen-bond donors (Lipinski definition) is 3. The van der Waals surface area contributed by atoms with Gasteiger partial charge in [0.25, 0.3) is 0 Å². The van der Waals surface area contributed by atoms with Gasteiger partial charge in [-0.25, -0.2) is 18.4 Å². The molecule has 0 amide bonds. The summed E-state index contributed by atoms with van der Waals surface area (Å²) < 4.78 is 36.5. The van der Waals surface area contributed by atoms with E-state index >= 15 is 0 Å². The number of halogens is 2. The van der Waals surface area contributed by atoms with Gasteiger partial charge in [-0.1, -0.05) is 36.4 Å². The largest absolute Gasteiger partial charge is 0.417 e. The molecule has 0 spiro atoms. The van der Waals surface area contributed by atoms with Crippen molar-refractivity contribution >= 4 is 22.2 Å². The van der Waals surface area contributed by atoms with Gasteiger partial charge in [-0.15, -0.1) is 0 Å². The van der Waals surface area contributed by atoms with E-state index < -0.39 is 5.76 Å². The molecule has 6 aromatic rings. The van der Waals surface area contributed by atoms with Crippen LogP contribution >= 0.6 is 0 Å². The van der Waals surface area contributed by atoms with Crippen LogP contribution in [0, 0.1) is 17.6 Å². The van der Waals surface area contributed by atoms with Gasteiger partial charge >= 0.3 is 11.5 Å². The van der Waals surface area contributed by atoms with E-state index in [1.807, 2.05) is 48.5 Å². The Hall–Kier alpha value is -4.80. The Balaban J connectivity index is 0.000000164. The minimum absolute atomic E-state index is 0.159. The molecule has 0 atom stereocenters. The number of fused-ring (bicyclic) bond motifs is 2. The molecule has 0 bridgehead atoms. The first-order chi connectivity index (χ1) is 28.3. The van der Waals surface area contributed by atoms with Crippen LogP contribution in [-0.4, -0.2) is 46.6 Å². The number of aromatic nitrogens is 2. The Morgan fingerprint density at radius 2 is 1.10 bits per heavy atom. The summed E-state index contributed by atoms with van der Waals surface area (Å²) in [6.07, 6.45) is 16.4. The molecule has 306 valence electrons. The number of nitrogens with zero attached hydrogens (tertiary/aromatic N) is 1. The first-order valence-corrected chi connectivity index (χ1v) is 21.5. The van der Waals surface area contributed by atoms with Crippen LogP contribution < -0.4 is 16.8 Å². The highest BCUT2D eigenvalue weighted by Gasteiger charge is 2.31. The number of nitrogens with one attached hydrogen (secondary N) is 3. The molecule has 0 aliphatic heterocycles. The number of oxazole rings is 2. The maximum atomic E-state index is 13.1. The predicted octanol–water partition coefficient (Wildman–Crippen LogP) is 10.1. The van der Waals surface area contributed by atoms with E-state index in [1.54, 1.807) is 12.1 Å². The lowest BCUT2D eigenvalue weighted by Gasteiger charge is -2.37. The zero-order valence-corrected chi connectivity index (χ0v) is 33.3. The van der Waals surface area contributed by atoms with Gasteiger partial charge in [0, 0.05) is 18.6 Å². The molecular weight excluding hydrogens is 735 g/mol. The molecule has 2 aromatic heterocycles. The third-order valence-electron chi connectivity index (χ3n) is 12.8. The number of hydrogen-bond acceptors (Lipinski definition) is 6. The highest BCUT2D eigenvalue weighted by molar-refractivity contribution is 5.73. The predicted molar refractivity (Wildman–Crippen MR) is 225 cm³/mol. The molecule has 3 aliphatic carbocycles. The van der Waals surface area contributed by atoms with E-state index in [4.69, 9.17) is 8.83 Å². The van der Waals surface area contributed by atoms with Crippen molar-refractivity contribution in [2.45, 2.75) is 114 Å². The van der Waals surface area contributed by atoms with Crippen LogP contribution in [0.25, 0.3) is 22.2 Å². The molecule has 4 aromatic carbocycles. The highest BCUT2D eigenvalue weighted by Crippen LogP contribution is 2.38. The molecule has 3 N–H and O–H groups in total. The summed E-state index contributed by atoms with van der Waals surface area (Å²) in [5.41, 5.74) is 7.83. The molecular formula is C48H56F2N4O4. The summed E-state index contributed by atoms with van der Waals surface area (Å²) in [5.74, 6) is 0.861. The highest BCUT2D eigenvalue weighted by atomic mass is 19.1. The molecule has 2 heterocycles. The first kappa shape index (κ1) is 40.0. The van der Waals surface area contributed by atoms with Crippen LogP contribution in [0.15, 0.2) is 103 Å². The van der Waals surface area contributed by atoms with Crippen molar-refractivity contribution in [3.63, 3.8) is 0 Å². The molecule has 58 heavy (non-hydrogen) atoms. The number of H-pyrrole nitrogens is 2. The van der Waals surface area contributed by atoms with Crippen LogP contribution in [0.1, 0.15) is 111 Å². The normalized spacial score (nSPS) is 21.0. The van der Waals surface area contributed by atoms with Crippen LogP contribution in [-0.2, 0) is 12.8 Å². The molecule has 3 saturated carbocycles. The standard InChI is InChI=1S/C26H31FN2O2.C22H25FN2O2/c27-22-10-5-18(6-11-22)2-1-15-29(17-19-3-4-19)23-12-7-20(8-13-23)21-9-14-24-25(16-21)31-26(30)28-24;23-18-8-3-15(4-9-18)2-1-13-24-19-10-5-16(6-11-19)17-7-12-20-21(14-17)27-22(26)25-20/h5-6,9-11,14,16,19-20,23H,1-4,7-8,12-13,15,17H2,(H,28,30);3-4,7-9,12,14,16,19,24H,1-2,5-6,10-11,13H2,(H,25,26). The molecule has 0 saturated heterocycles. The topological polar surface area (TPSA) is 107 Å². The summed E-state index contributed by atoms with van der Waals surface area (Å²) in [6.45, 7) is 3.36. The Morgan fingerprint density at radius 1 is 0.603 bits per heavy atom. The third-order valence-corrected chi connectivity index (χ3v) is 12.8. The van der Waals surface area contributed by atoms with Crippen molar-refractivity contribution in [3.05, 3.63) is 140 Å². The first-order valence-electron chi connectivity index (χ1n) is 21.5. The van der Waals surface area contributed by atoms with Gasteiger partial charge in [0.1, 0.15) is 11.6 Å². The quantitative estimate of drug-likeness (QED) is 0.0949. The van der Waals surface area contributed by atoms with Gasteiger partial charge in [0.15, 0.2) is 11.2 Å². The molecule has 10 heteroatoms. The van der Waals surface area contributed by atoms with Gasteiger partial charge in [0.2, 0.25) is 0 Å². The van der Waals surface area contributed by atoms with Gasteiger partial charge in [-0.05, 0) is 192 Å². The molecule has 0 unspecified atom stereocenters. The minimum Gasteiger partial charge on any atom is -0.408 e. The molecule has 9 rings (SSSR count). The number of benzene rings is 4. The van der Waals surface area contributed by atoms with E-state index in [1.165, 1.54) is 79.5 Å². The smallest absolute Gasteiger partial charge is 0.408 e. The van der Waals surface area contributed by atoms with Crippen molar-refractivity contribution in [2.24, 2.45) is 5.92 Å². The van der Waals surface area contributed by atoms with Crippen molar-refractivity contribution in [3.8, 4) is 0 Å². The fourth-order valence-electron chi connectivity index (χ4n) is 9.28. The van der Waals surface area contributed by atoms with Gasteiger partial charge in [-0.2, -0.15) is 0 Å². The van der Waals surface area contributed by atoms with Crippen molar-refractivity contribution in [1.82, 2.24) is 20.2 Å². The molecule has 8 nitrogen and oxygen atoms in total. The average Bonchev–Trinajstić information content (AvgIpc) is 3.86. The second kappa shape index (κ2) is 18.9. The van der Waals surface area contributed by atoms with Gasteiger partial charge < -0.3 is 19.1 Å². The Bertz CT molecular complexity index is 2330. The minimum atomic E-state index is -0.393. The molecule has 3 aliphatic rings. The number of aromatic amines is 2. The molecule has 0 radical (unpaired) electrons. The van der Waals surface area contributed by atoms with E-state index in [2.05, 4.69) is 32.3 Å². The number of rotatable bonds is 14. The Morgan fingerprint density at radius 3 is 1.62 bits per heavy atom.